The number of aromatic nitrogens is 6. The van der Waals surface area contributed by atoms with E-state index in [1.807, 2.05) is 0 Å². The van der Waals surface area contributed by atoms with Crippen LogP contribution >= 0.6 is 0 Å². The average Bonchev–Trinajstić information content (AvgIpc) is 3.32. The first-order chi connectivity index (χ1) is 17.0. The van der Waals surface area contributed by atoms with Crippen LogP contribution in [0.3, 0.4) is 0 Å². The van der Waals surface area contributed by atoms with Gasteiger partial charge in [0.05, 0.1) is 34.3 Å². The van der Waals surface area contributed by atoms with E-state index >= 15 is 0 Å². The van der Waals surface area contributed by atoms with Crippen molar-refractivity contribution in [3.8, 4) is 22.8 Å². The maximum atomic E-state index is 13.6. The highest BCUT2D eigenvalue weighted by molar-refractivity contribution is 5.89. The van der Waals surface area contributed by atoms with Gasteiger partial charge < -0.3 is 0 Å². The van der Waals surface area contributed by atoms with Crippen molar-refractivity contribution in [2.45, 2.75) is 12.4 Å². The molecule has 0 spiro atoms. The van der Waals surface area contributed by atoms with Crippen molar-refractivity contribution < 1.29 is 26.3 Å². The second-order valence-corrected chi connectivity index (χ2v) is 7.56. The van der Waals surface area contributed by atoms with Gasteiger partial charge in [0.25, 0.3) is 0 Å². The summed E-state index contributed by atoms with van der Waals surface area (Å²) in [5, 5.41) is 8.05. The number of hydrogen-bond donors (Lipinski definition) is 0. The molecule has 0 aliphatic carbocycles. The Hall–Kier alpha value is -4.55. The van der Waals surface area contributed by atoms with Crippen molar-refractivity contribution in [2.75, 3.05) is 0 Å². The van der Waals surface area contributed by atoms with Crippen LogP contribution < -0.4 is 5.43 Å². The first-order valence-electron chi connectivity index (χ1n) is 10.2. The fourth-order valence-corrected chi connectivity index (χ4v) is 3.61. The Morgan fingerprint density at radius 2 is 1.56 bits per heavy atom. The molecular formula is C23H12F6N6O. The molecule has 0 atom stereocenters. The molecule has 0 unspecified atom stereocenters. The Balaban J connectivity index is 1.77. The van der Waals surface area contributed by atoms with E-state index in [1.54, 1.807) is 12.1 Å². The van der Waals surface area contributed by atoms with Crippen molar-refractivity contribution in [3.05, 3.63) is 94.8 Å². The lowest BCUT2D eigenvalue weighted by atomic mass is 10.1. The molecule has 0 amide bonds. The molecule has 182 valence electrons. The molecule has 0 saturated heterocycles. The summed E-state index contributed by atoms with van der Waals surface area (Å²) in [7, 11) is 0. The van der Waals surface area contributed by atoms with Crippen LogP contribution in [0.25, 0.3) is 33.7 Å². The largest absolute Gasteiger partial charge is 0.433 e. The van der Waals surface area contributed by atoms with Crippen molar-refractivity contribution in [2.24, 2.45) is 0 Å². The monoisotopic (exact) mass is 502 g/mol. The third kappa shape index (κ3) is 4.19. The van der Waals surface area contributed by atoms with Gasteiger partial charge in [-0.1, -0.05) is 0 Å². The van der Waals surface area contributed by atoms with Gasteiger partial charge in [-0.2, -0.15) is 36.5 Å². The number of alkyl halides is 6. The SMILES string of the molecule is O=c1ccn(-c2ccncc2)nc1-c1ccnn1-c1cc(C(F)(F)F)nc2ccc(C(F)(F)F)cc12. The molecule has 0 N–H and O–H groups in total. The van der Waals surface area contributed by atoms with Gasteiger partial charge >= 0.3 is 12.4 Å². The second kappa shape index (κ2) is 8.29. The molecule has 4 aromatic heterocycles. The molecule has 5 rings (SSSR count). The number of pyridine rings is 2. The molecule has 7 nitrogen and oxygen atoms in total. The molecule has 1 aromatic carbocycles. The molecule has 0 aliphatic heterocycles. The van der Waals surface area contributed by atoms with Crippen molar-refractivity contribution in [1.82, 2.24) is 29.5 Å². The van der Waals surface area contributed by atoms with Crippen LogP contribution in [0.5, 0.6) is 0 Å². The number of halogens is 6. The highest BCUT2D eigenvalue weighted by Crippen LogP contribution is 2.36. The van der Waals surface area contributed by atoms with Crippen LogP contribution in [0, 0.1) is 0 Å². The van der Waals surface area contributed by atoms with E-state index in [4.69, 9.17) is 0 Å². The van der Waals surface area contributed by atoms with E-state index in [9.17, 15) is 31.1 Å². The maximum Gasteiger partial charge on any atom is 0.433 e. The average molecular weight is 502 g/mol. The Bertz CT molecular complexity index is 1640. The van der Waals surface area contributed by atoms with E-state index in [-0.39, 0.29) is 28.0 Å². The summed E-state index contributed by atoms with van der Waals surface area (Å²) in [5.74, 6) is 0. The van der Waals surface area contributed by atoms with Crippen LogP contribution in [0.4, 0.5) is 26.3 Å². The summed E-state index contributed by atoms with van der Waals surface area (Å²) in [4.78, 5) is 20.1. The molecule has 0 aliphatic rings. The third-order valence-corrected chi connectivity index (χ3v) is 5.25. The minimum Gasteiger partial charge on any atom is -0.287 e. The van der Waals surface area contributed by atoms with Crippen LogP contribution in [0.2, 0.25) is 0 Å². The van der Waals surface area contributed by atoms with Gasteiger partial charge in [-0.15, -0.1) is 0 Å². The number of fused-ring (bicyclic) bond motifs is 1. The normalized spacial score (nSPS) is 12.3. The van der Waals surface area contributed by atoms with E-state index in [1.165, 1.54) is 41.6 Å². The third-order valence-electron chi connectivity index (χ3n) is 5.25. The molecule has 0 saturated carbocycles. The number of nitrogens with zero attached hydrogens (tertiary/aromatic N) is 6. The minimum atomic E-state index is -4.89. The number of hydrogen-bond acceptors (Lipinski definition) is 5. The van der Waals surface area contributed by atoms with Gasteiger partial charge in [0.15, 0.2) is 5.69 Å². The van der Waals surface area contributed by atoms with Gasteiger partial charge in [-0.05, 0) is 42.5 Å². The molecule has 0 bridgehead atoms. The summed E-state index contributed by atoms with van der Waals surface area (Å²) in [6, 6.07) is 8.54. The van der Waals surface area contributed by atoms with Crippen molar-refractivity contribution >= 4 is 10.9 Å². The van der Waals surface area contributed by atoms with Crippen LogP contribution in [0.15, 0.2) is 78.1 Å². The number of rotatable bonds is 3. The van der Waals surface area contributed by atoms with Gasteiger partial charge in [-0.25, -0.2) is 14.3 Å². The second-order valence-electron chi connectivity index (χ2n) is 7.56. The molecular weight excluding hydrogens is 490 g/mol. The van der Waals surface area contributed by atoms with Crippen molar-refractivity contribution in [3.63, 3.8) is 0 Å². The lowest BCUT2D eigenvalue weighted by molar-refractivity contribution is -0.141. The smallest absolute Gasteiger partial charge is 0.287 e. The number of benzene rings is 1. The van der Waals surface area contributed by atoms with E-state index in [0.717, 1.165) is 10.7 Å². The lowest BCUT2D eigenvalue weighted by Gasteiger charge is -2.15. The van der Waals surface area contributed by atoms with Crippen molar-refractivity contribution in [1.29, 1.82) is 0 Å². The van der Waals surface area contributed by atoms with Crippen LogP contribution in [-0.4, -0.2) is 29.5 Å². The highest BCUT2D eigenvalue weighted by Gasteiger charge is 2.35. The fraction of sp³-hybridized carbons (Fsp3) is 0.0870. The van der Waals surface area contributed by atoms with Crippen LogP contribution in [0.1, 0.15) is 11.3 Å². The predicted molar refractivity (Wildman–Crippen MR) is 115 cm³/mol. The first-order valence-corrected chi connectivity index (χ1v) is 10.2. The van der Waals surface area contributed by atoms with Gasteiger partial charge in [0.2, 0.25) is 5.43 Å². The van der Waals surface area contributed by atoms with E-state index < -0.39 is 29.0 Å². The predicted octanol–water partition coefficient (Wildman–Crippen LogP) is 5.07. The van der Waals surface area contributed by atoms with Gasteiger partial charge in [0.1, 0.15) is 5.69 Å². The van der Waals surface area contributed by atoms with Gasteiger partial charge in [-0.3, -0.25) is 9.78 Å². The van der Waals surface area contributed by atoms with E-state index in [0.29, 0.717) is 23.9 Å². The molecule has 36 heavy (non-hydrogen) atoms. The van der Waals surface area contributed by atoms with E-state index in [2.05, 4.69) is 20.2 Å². The summed E-state index contributed by atoms with van der Waals surface area (Å²) >= 11 is 0. The summed E-state index contributed by atoms with van der Waals surface area (Å²) < 4.78 is 83.2. The minimum absolute atomic E-state index is 0.0264. The molecule has 5 aromatic rings. The maximum absolute atomic E-state index is 13.6. The Morgan fingerprint density at radius 1 is 0.806 bits per heavy atom. The zero-order chi connectivity index (χ0) is 25.7. The summed E-state index contributed by atoms with van der Waals surface area (Å²) in [6.07, 6.45) is -4.05. The lowest BCUT2D eigenvalue weighted by Crippen LogP contribution is -2.16. The quantitative estimate of drug-likeness (QED) is 0.322. The van der Waals surface area contributed by atoms with Gasteiger partial charge in [0, 0.05) is 30.0 Å². The summed E-state index contributed by atoms with van der Waals surface area (Å²) in [6.45, 7) is 0. The fourth-order valence-electron chi connectivity index (χ4n) is 3.61. The molecule has 0 fully saturated rings. The zero-order valence-corrected chi connectivity index (χ0v) is 17.8. The Morgan fingerprint density at radius 3 is 2.25 bits per heavy atom. The zero-order valence-electron chi connectivity index (χ0n) is 17.8. The Kier molecular flexibility index (Phi) is 5.34. The summed E-state index contributed by atoms with van der Waals surface area (Å²) in [5.41, 5.74) is -3.33. The standard InChI is InChI=1S/C23H12F6N6O/c24-22(25,26)13-1-2-16-15(11-13)18(12-20(32-16)23(27,28)29)35-17(5-9-31-35)21-19(36)6-10-34(33-21)14-3-7-30-8-4-14/h1-12H. The first kappa shape index (κ1) is 23.2. The topological polar surface area (TPSA) is 78.5 Å². The molecule has 13 heteroatoms. The molecule has 4 heterocycles. The Labute approximate surface area is 197 Å². The van der Waals surface area contributed by atoms with Crippen LogP contribution in [-0.2, 0) is 12.4 Å². The highest BCUT2D eigenvalue weighted by atomic mass is 19.4. The molecule has 0 radical (unpaired) electrons.